The molecule has 0 aromatic heterocycles. The quantitative estimate of drug-likeness (QED) is 0.367. The fourth-order valence-corrected chi connectivity index (χ4v) is 0. The molecular weight excluding hydrogens is 428 g/mol. The molecule has 38 valence electrons. The Morgan fingerprint density at radius 3 is 0.444 bits per heavy atom. The van der Waals surface area contributed by atoms with Crippen LogP contribution >= 0.6 is 0 Å². The average molecular weight is 432 g/mol. The number of hydrogen-bond acceptors (Lipinski definition) is 0. The fourth-order valence-electron chi connectivity index (χ4n) is 0. The molecule has 0 aromatic rings. The Labute approximate surface area is 164 Å². The Bertz CT molecular complexity index is 17.8. The van der Waals surface area contributed by atoms with Gasteiger partial charge in [-0.1, -0.05) is 0 Å². The van der Waals surface area contributed by atoms with E-state index < -0.39 is 0 Å². The molecule has 2 radical (unpaired) electrons. The summed E-state index contributed by atoms with van der Waals surface area (Å²) >= 11 is 0. The molecule has 0 unspecified atom stereocenters. The molecule has 9 heteroatoms. The summed E-state index contributed by atoms with van der Waals surface area (Å²) in [5.41, 5.74) is 0. The smallest absolute Gasteiger partial charge is 2.00 e. The van der Waals surface area contributed by atoms with Crippen molar-refractivity contribution in [1.82, 2.24) is 0 Å². The summed E-state index contributed by atoms with van der Waals surface area (Å²) in [5.74, 6) is 0. The van der Waals surface area contributed by atoms with Crippen LogP contribution < -0.4 is 0 Å². The van der Waals surface area contributed by atoms with Crippen molar-refractivity contribution in [3.63, 3.8) is 0 Å². The van der Waals surface area contributed by atoms with E-state index >= 15 is 0 Å². The van der Waals surface area contributed by atoms with Gasteiger partial charge < -0.3 is 16.4 Å². The molecule has 0 aromatic carbocycles. The van der Waals surface area contributed by atoms with Crippen LogP contribution in [0.1, 0.15) is 0 Å². The van der Waals surface area contributed by atoms with Crippen molar-refractivity contribution in [2.45, 2.75) is 0 Å². The van der Waals surface area contributed by atoms with Gasteiger partial charge in [-0.3, -0.25) is 0 Å². The zero-order chi connectivity index (χ0) is 0. The van der Waals surface area contributed by atoms with Crippen LogP contribution in [0.25, 0.3) is 0 Å². The van der Waals surface area contributed by atoms with Crippen molar-refractivity contribution in [3.8, 4) is 0 Å². The van der Waals surface area contributed by atoms with E-state index in [2.05, 4.69) is 0 Å². The van der Waals surface area contributed by atoms with Crippen LogP contribution in [-0.2, 0) is 16.4 Å². The summed E-state index contributed by atoms with van der Waals surface area (Å²) in [6.07, 6.45) is 0. The molecule has 0 atom stereocenters. The van der Waals surface area contributed by atoms with Gasteiger partial charge in [-0.2, -0.15) is 0 Å². The predicted molar refractivity (Wildman–Crippen MR) is 30.7 cm³/mol. The summed E-state index contributed by atoms with van der Waals surface area (Å²) in [6, 6.07) is 0. The Morgan fingerprint density at radius 1 is 0.444 bits per heavy atom. The topological polar surface area (TPSA) is 85.5 Å². The maximum atomic E-state index is 0. The first-order valence-electron chi connectivity index (χ1n) is 0. The molecule has 0 saturated carbocycles. The average Bonchev–Trinajstić information content (AvgIpc) is 0. The Balaban J connectivity index is 0. The van der Waals surface area contributed by atoms with Gasteiger partial charge in [0.1, 0.15) is 0 Å². The molecule has 0 aliphatic carbocycles. The molecule has 0 amide bonds. The molecule has 0 bridgehead atoms. The molecule has 0 N–H and O–H groups in total. The summed E-state index contributed by atoms with van der Waals surface area (Å²) < 4.78 is 0. The summed E-state index contributed by atoms with van der Waals surface area (Å²) in [5, 5.41) is 0. The van der Waals surface area contributed by atoms with Gasteiger partial charge in [0.2, 0.25) is 0 Å². The van der Waals surface area contributed by atoms with Gasteiger partial charge in [0.15, 0.2) is 0 Å². The molecule has 0 aliphatic rings. The standard InChI is InChI=1S/2Al.2La.2Mg.3O.4H/q2*+3;;;;;3*-2;;;;. The first kappa shape index (κ1) is 96.9. The fraction of sp³-hybridized carbons (Fsp3) is 0. The molecule has 0 fully saturated rings. The second-order valence-electron chi connectivity index (χ2n) is 0. The zero-order valence-electron chi connectivity index (χ0n) is 3.53. The van der Waals surface area contributed by atoms with Crippen LogP contribution in [-0.4, -0.2) is 80.8 Å². The summed E-state index contributed by atoms with van der Waals surface area (Å²) in [4.78, 5) is 0. The molecule has 0 heterocycles. The van der Waals surface area contributed by atoms with Gasteiger partial charge in [-0.05, 0) is 0 Å². The van der Waals surface area contributed by atoms with Crippen LogP contribution in [0.5, 0.6) is 0 Å². The van der Waals surface area contributed by atoms with Crippen molar-refractivity contribution < 1.29 is 87.6 Å². The maximum absolute atomic E-state index is 0. The van der Waals surface area contributed by atoms with Gasteiger partial charge in [-0.25, -0.2) is 0 Å². The van der Waals surface area contributed by atoms with E-state index in [0.29, 0.717) is 0 Å². The minimum absolute atomic E-state index is 0. The van der Waals surface area contributed by atoms with Crippen molar-refractivity contribution >= 4 is 80.8 Å². The first-order chi connectivity index (χ1) is 0. The Kier molecular flexibility index (Phi) is 824. The van der Waals surface area contributed by atoms with Gasteiger partial charge >= 0.3 is 80.8 Å². The van der Waals surface area contributed by atoms with Gasteiger partial charge in [0, 0.05) is 71.2 Å². The molecule has 0 saturated heterocycles. The largest absolute Gasteiger partial charge is 3.00 e. The SMILES string of the molecule is [Al+3].[Al+3].[La].[La].[MgH2].[MgH2].[O-2].[O-2].[O-2]. The van der Waals surface area contributed by atoms with Crippen LogP contribution in [0.3, 0.4) is 0 Å². The molecule has 0 aliphatic heterocycles. The Hall–Kier alpha value is 4.87. The van der Waals surface area contributed by atoms with E-state index in [0.717, 1.165) is 0 Å². The second-order valence-corrected chi connectivity index (χ2v) is 0. The van der Waals surface area contributed by atoms with E-state index in [1.807, 2.05) is 0 Å². The monoisotopic (exact) mass is 432 g/mol. The van der Waals surface area contributed by atoms with E-state index in [1.165, 1.54) is 0 Å². The third kappa shape index (κ3) is 64.1. The van der Waals surface area contributed by atoms with E-state index in [4.69, 9.17) is 0 Å². The summed E-state index contributed by atoms with van der Waals surface area (Å²) in [7, 11) is 0. The van der Waals surface area contributed by atoms with Crippen LogP contribution in [0.2, 0.25) is 0 Å². The number of rotatable bonds is 0. The van der Waals surface area contributed by atoms with Crippen molar-refractivity contribution in [2.24, 2.45) is 0 Å². The normalized spacial score (nSPS) is 0. The Morgan fingerprint density at radius 2 is 0.444 bits per heavy atom. The molecule has 3 nitrogen and oxygen atoms in total. The van der Waals surface area contributed by atoms with Crippen LogP contribution in [0.15, 0.2) is 0 Å². The van der Waals surface area contributed by atoms with Crippen molar-refractivity contribution in [2.75, 3.05) is 0 Å². The molecule has 0 rings (SSSR count). The van der Waals surface area contributed by atoms with Crippen LogP contribution in [0.4, 0.5) is 0 Å². The third-order valence-electron chi connectivity index (χ3n) is 0. The number of hydrogen-bond donors (Lipinski definition) is 0. The first-order valence-corrected chi connectivity index (χ1v) is 0. The molecular formula is H4Al2La2Mg2O3. The van der Waals surface area contributed by atoms with Crippen LogP contribution in [0, 0.1) is 71.2 Å². The molecule has 0 spiro atoms. The zero-order valence-corrected chi connectivity index (χ0v) is 13.1. The predicted octanol–water partition coefficient (Wildman–Crippen LogP) is -2.95. The van der Waals surface area contributed by atoms with Gasteiger partial charge in [0.05, 0.1) is 0 Å². The second kappa shape index (κ2) is 76.5. The maximum Gasteiger partial charge on any atom is 3.00 e. The van der Waals surface area contributed by atoms with Crippen molar-refractivity contribution in [3.05, 3.63) is 0 Å². The molecule has 9 heavy (non-hydrogen) atoms. The third-order valence-corrected chi connectivity index (χ3v) is 0. The summed E-state index contributed by atoms with van der Waals surface area (Å²) in [6.45, 7) is 0. The minimum Gasteiger partial charge on any atom is -2.00 e. The van der Waals surface area contributed by atoms with Gasteiger partial charge in [-0.15, -0.1) is 0 Å². The van der Waals surface area contributed by atoms with E-state index in [9.17, 15) is 0 Å². The van der Waals surface area contributed by atoms with Crippen molar-refractivity contribution in [1.29, 1.82) is 0 Å². The minimum atomic E-state index is 0. The van der Waals surface area contributed by atoms with E-state index in [-0.39, 0.29) is 168 Å². The van der Waals surface area contributed by atoms with E-state index in [1.54, 1.807) is 0 Å². The van der Waals surface area contributed by atoms with Gasteiger partial charge in [0.25, 0.3) is 0 Å².